The van der Waals surface area contributed by atoms with Gasteiger partial charge in [0, 0.05) is 13.1 Å². The standard InChI is InChI=1S/C17H22F3NO3/c1-16(2,3)24-15(23)21-9-7-11(8-10-21)12-5-4-6-13(14(12)22)17(18,19)20/h4-6,11,22H,7-10H2,1-3H3. The average Bonchev–Trinajstić information content (AvgIpc) is 2.44. The minimum Gasteiger partial charge on any atom is -0.507 e. The van der Waals surface area contributed by atoms with E-state index in [0.29, 0.717) is 25.9 Å². The Morgan fingerprint density at radius 3 is 2.29 bits per heavy atom. The highest BCUT2D eigenvalue weighted by Gasteiger charge is 2.36. The normalized spacial score (nSPS) is 17.0. The van der Waals surface area contributed by atoms with Gasteiger partial charge in [0.15, 0.2) is 0 Å². The molecule has 2 rings (SSSR count). The smallest absolute Gasteiger partial charge is 0.419 e. The van der Waals surface area contributed by atoms with Gasteiger partial charge in [-0.15, -0.1) is 0 Å². The second-order valence-corrected chi connectivity index (χ2v) is 6.98. The monoisotopic (exact) mass is 345 g/mol. The molecule has 0 aliphatic carbocycles. The van der Waals surface area contributed by atoms with E-state index >= 15 is 0 Å². The van der Waals surface area contributed by atoms with Crippen LogP contribution >= 0.6 is 0 Å². The molecule has 0 spiro atoms. The molecule has 1 aromatic carbocycles. The van der Waals surface area contributed by atoms with Crippen LogP contribution in [-0.2, 0) is 10.9 Å². The largest absolute Gasteiger partial charge is 0.507 e. The zero-order valence-corrected chi connectivity index (χ0v) is 14.0. The van der Waals surface area contributed by atoms with Gasteiger partial charge in [0.2, 0.25) is 0 Å². The number of phenolic OH excluding ortho intramolecular Hbond substituents is 1. The molecule has 1 aliphatic rings. The fourth-order valence-corrected chi connectivity index (χ4v) is 2.82. The Morgan fingerprint density at radius 2 is 1.79 bits per heavy atom. The minimum atomic E-state index is -4.59. The third-order valence-electron chi connectivity index (χ3n) is 3.96. The summed E-state index contributed by atoms with van der Waals surface area (Å²) >= 11 is 0. The van der Waals surface area contributed by atoms with Gasteiger partial charge in [-0.25, -0.2) is 4.79 Å². The Morgan fingerprint density at radius 1 is 1.21 bits per heavy atom. The van der Waals surface area contributed by atoms with Crippen molar-refractivity contribution in [3.63, 3.8) is 0 Å². The number of benzene rings is 1. The molecular weight excluding hydrogens is 323 g/mol. The number of halogens is 3. The minimum absolute atomic E-state index is 0.217. The van der Waals surface area contributed by atoms with Crippen molar-refractivity contribution in [3.8, 4) is 5.75 Å². The van der Waals surface area contributed by atoms with Crippen LogP contribution in [0.3, 0.4) is 0 Å². The fraction of sp³-hybridized carbons (Fsp3) is 0.588. The number of carbonyl (C=O) groups is 1. The second kappa shape index (κ2) is 6.53. The van der Waals surface area contributed by atoms with Crippen LogP contribution in [-0.4, -0.2) is 34.8 Å². The van der Waals surface area contributed by atoms with Gasteiger partial charge in [-0.3, -0.25) is 0 Å². The number of piperidine rings is 1. The number of rotatable bonds is 1. The summed E-state index contributed by atoms with van der Waals surface area (Å²) in [5.41, 5.74) is -1.32. The maximum absolute atomic E-state index is 12.9. The molecule has 1 heterocycles. The van der Waals surface area contributed by atoms with Gasteiger partial charge in [-0.1, -0.05) is 12.1 Å². The number of likely N-dealkylation sites (tertiary alicyclic amines) is 1. The lowest BCUT2D eigenvalue weighted by Crippen LogP contribution is -2.41. The van der Waals surface area contributed by atoms with Gasteiger partial charge < -0.3 is 14.7 Å². The van der Waals surface area contributed by atoms with E-state index in [1.807, 2.05) is 0 Å². The van der Waals surface area contributed by atoms with Crippen LogP contribution in [0.25, 0.3) is 0 Å². The lowest BCUT2D eigenvalue weighted by molar-refractivity contribution is -0.138. The van der Waals surface area contributed by atoms with Crippen molar-refractivity contribution in [2.45, 2.75) is 51.3 Å². The summed E-state index contributed by atoms with van der Waals surface area (Å²) in [4.78, 5) is 13.6. The number of ether oxygens (including phenoxy) is 1. The van der Waals surface area contributed by atoms with Gasteiger partial charge in [-0.05, 0) is 51.2 Å². The quantitative estimate of drug-likeness (QED) is 0.814. The summed E-state index contributed by atoms with van der Waals surface area (Å²) < 4.78 is 44.0. The highest BCUT2D eigenvalue weighted by molar-refractivity contribution is 5.68. The van der Waals surface area contributed by atoms with E-state index in [1.54, 1.807) is 25.7 Å². The van der Waals surface area contributed by atoms with Crippen molar-refractivity contribution < 1.29 is 27.8 Å². The lowest BCUT2D eigenvalue weighted by Gasteiger charge is -2.34. The fourth-order valence-electron chi connectivity index (χ4n) is 2.82. The first-order valence-electron chi connectivity index (χ1n) is 7.86. The molecule has 0 saturated carbocycles. The molecule has 1 saturated heterocycles. The molecule has 24 heavy (non-hydrogen) atoms. The summed E-state index contributed by atoms with van der Waals surface area (Å²) in [5.74, 6) is -0.924. The predicted octanol–water partition coefficient (Wildman–Crippen LogP) is 4.53. The molecular formula is C17H22F3NO3. The van der Waals surface area contributed by atoms with E-state index in [2.05, 4.69) is 0 Å². The zero-order chi connectivity index (χ0) is 18.1. The molecule has 1 amide bonds. The number of para-hydroxylation sites is 1. The van der Waals surface area contributed by atoms with Gasteiger partial charge in [0.05, 0.1) is 5.56 Å². The SMILES string of the molecule is CC(C)(C)OC(=O)N1CCC(c2cccc(C(F)(F)F)c2O)CC1. The van der Waals surface area contributed by atoms with Crippen molar-refractivity contribution in [2.75, 3.05) is 13.1 Å². The van der Waals surface area contributed by atoms with Crippen LogP contribution in [0, 0.1) is 0 Å². The maximum Gasteiger partial charge on any atom is 0.419 e. The van der Waals surface area contributed by atoms with Crippen LogP contribution in [0.1, 0.15) is 50.7 Å². The van der Waals surface area contributed by atoms with Crippen molar-refractivity contribution in [3.05, 3.63) is 29.3 Å². The molecule has 134 valence electrons. The van der Waals surface area contributed by atoms with Gasteiger partial charge >= 0.3 is 12.3 Å². The molecule has 0 radical (unpaired) electrons. The van der Waals surface area contributed by atoms with Crippen LogP contribution in [0.2, 0.25) is 0 Å². The number of phenols is 1. The predicted molar refractivity (Wildman–Crippen MR) is 82.9 cm³/mol. The summed E-state index contributed by atoms with van der Waals surface area (Å²) in [6.07, 6.45) is -4.05. The van der Waals surface area contributed by atoms with Crippen molar-refractivity contribution in [2.24, 2.45) is 0 Å². The van der Waals surface area contributed by atoms with Gasteiger partial charge in [0.25, 0.3) is 0 Å². The average molecular weight is 345 g/mol. The highest BCUT2D eigenvalue weighted by atomic mass is 19.4. The molecule has 1 N–H and O–H groups in total. The summed E-state index contributed by atoms with van der Waals surface area (Å²) in [6.45, 7) is 6.10. The van der Waals surface area contributed by atoms with Crippen LogP contribution in [0.4, 0.5) is 18.0 Å². The Hall–Kier alpha value is -1.92. The van der Waals surface area contributed by atoms with Gasteiger partial charge in [0.1, 0.15) is 11.4 Å². The third-order valence-corrected chi connectivity index (χ3v) is 3.96. The first-order valence-corrected chi connectivity index (χ1v) is 7.86. The number of aromatic hydroxyl groups is 1. The van der Waals surface area contributed by atoms with Crippen LogP contribution in [0.15, 0.2) is 18.2 Å². The van der Waals surface area contributed by atoms with Crippen LogP contribution < -0.4 is 0 Å². The number of carbonyl (C=O) groups excluding carboxylic acids is 1. The molecule has 0 bridgehead atoms. The Balaban J connectivity index is 2.07. The second-order valence-electron chi connectivity index (χ2n) is 6.98. The van der Waals surface area contributed by atoms with E-state index in [-0.39, 0.29) is 11.5 Å². The van der Waals surface area contributed by atoms with Crippen molar-refractivity contribution >= 4 is 6.09 Å². The summed E-state index contributed by atoms with van der Waals surface area (Å²) in [6, 6.07) is 3.69. The molecule has 0 aromatic heterocycles. The number of alkyl halides is 3. The summed E-state index contributed by atoms with van der Waals surface area (Å²) in [7, 11) is 0. The molecule has 1 aromatic rings. The molecule has 0 unspecified atom stereocenters. The molecule has 1 fully saturated rings. The molecule has 4 nitrogen and oxygen atoms in total. The topological polar surface area (TPSA) is 49.8 Å². The Labute approximate surface area is 139 Å². The third kappa shape index (κ3) is 4.33. The number of hydrogen-bond acceptors (Lipinski definition) is 3. The zero-order valence-electron chi connectivity index (χ0n) is 14.0. The Kier molecular flexibility index (Phi) is 5.01. The van der Waals surface area contributed by atoms with Crippen molar-refractivity contribution in [1.82, 2.24) is 4.90 Å². The maximum atomic E-state index is 12.9. The molecule has 7 heteroatoms. The first-order chi connectivity index (χ1) is 11.0. The number of nitrogens with zero attached hydrogens (tertiary/aromatic N) is 1. The summed E-state index contributed by atoms with van der Waals surface area (Å²) in [5, 5.41) is 9.98. The molecule has 0 atom stereocenters. The van der Waals surface area contributed by atoms with E-state index in [1.165, 1.54) is 12.1 Å². The van der Waals surface area contributed by atoms with E-state index in [0.717, 1.165) is 6.07 Å². The Bertz CT molecular complexity index is 600. The van der Waals surface area contributed by atoms with Crippen molar-refractivity contribution in [1.29, 1.82) is 0 Å². The number of hydrogen-bond donors (Lipinski definition) is 1. The van der Waals surface area contributed by atoms with E-state index in [9.17, 15) is 23.1 Å². The molecule has 1 aliphatic heterocycles. The first kappa shape index (κ1) is 18.4. The van der Waals surface area contributed by atoms with E-state index < -0.39 is 29.2 Å². The lowest BCUT2D eigenvalue weighted by atomic mass is 9.88. The highest BCUT2D eigenvalue weighted by Crippen LogP contribution is 2.42. The number of amides is 1. The van der Waals surface area contributed by atoms with E-state index in [4.69, 9.17) is 4.74 Å². The van der Waals surface area contributed by atoms with Crippen LogP contribution in [0.5, 0.6) is 5.75 Å². The van der Waals surface area contributed by atoms with Gasteiger partial charge in [-0.2, -0.15) is 13.2 Å².